The van der Waals surface area contributed by atoms with E-state index >= 15 is 0 Å². The molecule has 2 aromatic rings. The van der Waals surface area contributed by atoms with Gasteiger partial charge in [-0.3, -0.25) is 4.90 Å². The summed E-state index contributed by atoms with van der Waals surface area (Å²) in [7, 11) is 2.05. The molecule has 0 aliphatic carbocycles. The van der Waals surface area contributed by atoms with Crippen LogP contribution in [0.4, 0.5) is 0 Å². The van der Waals surface area contributed by atoms with E-state index in [9.17, 15) is 0 Å². The van der Waals surface area contributed by atoms with Crippen LogP contribution in [0.3, 0.4) is 0 Å². The molecule has 0 bridgehead atoms. The monoisotopic (exact) mass is 304 g/mol. The molecule has 1 N–H and O–H groups in total. The number of thiophene rings is 1. The minimum Gasteiger partial charge on any atom is -0.374 e. The molecule has 1 aromatic heterocycles. The number of benzene rings is 1. The van der Waals surface area contributed by atoms with Gasteiger partial charge in [0.1, 0.15) is 0 Å². The first-order chi connectivity index (χ1) is 10.3. The van der Waals surface area contributed by atoms with Crippen LogP contribution in [0.1, 0.15) is 12.5 Å². The molecule has 0 saturated carbocycles. The summed E-state index contributed by atoms with van der Waals surface area (Å²) in [5.41, 5.74) is 1.44. The van der Waals surface area contributed by atoms with Crippen LogP contribution in [0.25, 0.3) is 10.1 Å². The number of rotatable bonds is 5. The van der Waals surface area contributed by atoms with Gasteiger partial charge in [-0.2, -0.15) is 0 Å². The zero-order chi connectivity index (χ0) is 14.7. The molecule has 2 unspecified atom stereocenters. The molecule has 4 heteroatoms. The van der Waals surface area contributed by atoms with Crippen LogP contribution < -0.4 is 5.32 Å². The highest BCUT2D eigenvalue weighted by molar-refractivity contribution is 7.17. The van der Waals surface area contributed by atoms with Crippen molar-refractivity contribution in [3.05, 3.63) is 35.2 Å². The van der Waals surface area contributed by atoms with Gasteiger partial charge in [-0.15, -0.1) is 11.3 Å². The molecular weight excluding hydrogens is 280 g/mol. The molecule has 0 radical (unpaired) electrons. The van der Waals surface area contributed by atoms with Crippen LogP contribution in [0, 0.1) is 0 Å². The molecule has 3 rings (SSSR count). The van der Waals surface area contributed by atoms with Gasteiger partial charge in [-0.1, -0.05) is 25.1 Å². The maximum atomic E-state index is 6.02. The van der Waals surface area contributed by atoms with Gasteiger partial charge in [0.25, 0.3) is 0 Å². The van der Waals surface area contributed by atoms with Crippen LogP contribution >= 0.6 is 11.3 Å². The van der Waals surface area contributed by atoms with Crippen molar-refractivity contribution in [3.63, 3.8) is 0 Å². The lowest BCUT2D eigenvalue weighted by atomic mass is 9.99. The number of hydrogen-bond acceptors (Lipinski definition) is 4. The molecular formula is C17H24N2OS. The highest BCUT2D eigenvalue weighted by Gasteiger charge is 2.27. The third-order valence-electron chi connectivity index (χ3n) is 4.45. The summed E-state index contributed by atoms with van der Waals surface area (Å²) in [5.74, 6) is 0. The zero-order valence-corrected chi connectivity index (χ0v) is 13.7. The summed E-state index contributed by atoms with van der Waals surface area (Å²) < 4.78 is 7.40. The molecule has 1 aromatic carbocycles. The average molecular weight is 304 g/mol. The van der Waals surface area contributed by atoms with Gasteiger partial charge in [-0.25, -0.2) is 0 Å². The molecule has 21 heavy (non-hydrogen) atoms. The standard InChI is InChI=1S/C17H24N2OS/c1-3-19-8-9-20-16(11-19)15(18-2)10-13-12-21-17-7-5-4-6-14(13)17/h4-7,12,15-16,18H,3,8-11H2,1-2H3. The van der Waals surface area contributed by atoms with Crippen molar-refractivity contribution in [1.29, 1.82) is 0 Å². The first-order valence-corrected chi connectivity index (χ1v) is 8.66. The number of hydrogen-bond donors (Lipinski definition) is 1. The van der Waals surface area contributed by atoms with Crippen molar-refractivity contribution in [2.75, 3.05) is 33.3 Å². The Balaban J connectivity index is 1.75. The lowest BCUT2D eigenvalue weighted by Crippen LogP contribution is -2.52. The van der Waals surface area contributed by atoms with E-state index in [2.05, 4.69) is 46.8 Å². The quantitative estimate of drug-likeness (QED) is 0.919. The largest absolute Gasteiger partial charge is 0.374 e. The lowest BCUT2D eigenvalue weighted by Gasteiger charge is -2.36. The van der Waals surface area contributed by atoms with Crippen molar-refractivity contribution in [1.82, 2.24) is 10.2 Å². The zero-order valence-electron chi connectivity index (χ0n) is 12.8. The van der Waals surface area contributed by atoms with E-state index in [-0.39, 0.29) is 6.10 Å². The fourth-order valence-electron chi connectivity index (χ4n) is 3.11. The Morgan fingerprint density at radius 1 is 1.43 bits per heavy atom. The van der Waals surface area contributed by atoms with Crippen LogP contribution in [-0.4, -0.2) is 50.3 Å². The highest BCUT2D eigenvalue weighted by atomic mass is 32.1. The molecule has 0 amide bonds. The number of ether oxygens (including phenoxy) is 1. The maximum absolute atomic E-state index is 6.02. The summed E-state index contributed by atoms with van der Waals surface area (Å²) in [4.78, 5) is 2.48. The first-order valence-electron chi connectivity index (χ1n) is 7.78. The molecule has 0 spiro atoms. The number of nitrogens with zero attached hydrogens (tertiary/aromatic N) is 1. The lowest BCUT2D eigenvalue weighted by molar-refractivity contribution is -0.0435. The topological polar surface area (TPSA) is 24.5 Å². The number of morpholine rings is 1. The third kappa shape index (κ3) is 3.29. The average Bonchev–Trinajstić information content (AvgIpc) is 2.95. The van der Waals surface area contributed by atoms with E-state index < -0.39 is 0 Å². The summed E-state index contributed by atoms with van der Waals surface area (Å²) in [6.45, 7) is 6.27. The first kappa shape index (κ1) is 15.0. The fourth-order valence-corrected chi connectivity index (χ4v) is 4.09. The van der Waals surface area contributed by atoms with Gasteiger partial charge in [0.15, 0.2) is 0 Å². The van der Waals surface area contributed by atoms with Gasteiger partial charge in [-0.05, 0) is 42.4 Å². The molecule has 1 aliphatic rings. The number of fused-ring (bicyclic) bond motifs is 1. The Morgan fingerprint density at radius 3 is 3.10 bits per heavy atom. The molecule has 1 fully saturated rings. The van der Waals surface area contributed by atoms with Crippen molar-refractivity contribution >= 4 is 21.4 Å². The highest BCUT2D eigenvalue weighted by Crippen LogP contribution is 2.27. The second kappa shape index (κ2) is 6.88. The van der Waals surface area contributed by atoms with Crippen molar-refractivity contribution < 1.29 is 4.74 Å². The summed E-state index contributed by atoms with van der Waals surface area (Å²) in [6, 6.07) is 9.05. The van der Waals surface area contributed by atoms with Gasteiger partial charge in [0, 0.05) is 23.8 Å². The number of likely N-dealkylation sites (N-methyl/N-ethyl adjacent to an activating group) is 2. The van der Waals surface area contributed by atoms with Crippen LogP contribution in [0.5, 0.6) is 0 Å². The van der Waals surface area contributed by atoms with E-state index in [1.807, 2.05) is 18.4 Å². The van der Waals surface area contributed by atoms with Crippen molar-refractivity contribution in [2.45, 2.75) is 25.5 Å². The molecule has 2 atom stereocenters. The van der Waals surface area contributed by atoms with Gasteiger partial charge in [0.05, 0.1) is 12.7 Å². The minimum absolute atomic E-state index is 0.280. The predicted octanol–water partition coefficient (Wildman–Crippen LogP) is 2.75. The Labute approximate surface area is 130 Å². The fraction of sp³-hybridized carbons (Fsp3) is 0.529. The van der Waals surface area contributed by atoms with Crippen LogP contribution in [0.2, 0.25) is 0 Å². The van der Waals surface area contributed by atoms with E-state index in [1.54, 1.807) is 0 Å². The maximum Gasteiger partial charge on any atom is 0.0858 e. The Morgan fingerprint density at radius 2 is 2.29 bits per heavy atom. The van der Waals surface area contributed by atoms with Crippen molar-refractivity contribution in [2.24, 2.45) is 0 Å². The van der Waals surface area contributed by atoms with Gasteiger partial charge in [0.2, 0.25) is 0 Å². The van der Waals surface area contributed by atoms with Crippen molar-refractivity contribution in [3.8, 4) is 0 Å². The van der Waals surface area contributed by atoms with Crippen LogP contribution in [-0.2, 0) is 11.2 Å². The minimum atomic E-state index is 0.280. The molecule has 114 valence electrons. The molecule has 3 nitrogen and oxygen atoms in total. The molecule has 1 aliphatic heterocycles. The van der Waals surface area contributed by atoms with Gasteiger partial charge >= 0.3 is 0 Å². The third-order valence-corrected chi connectivity index (χ3v) is 5.46. The second-order valence-corrected chi connectivity index (χ2v) is 6.57. The van der Waals surface area contributed by atoms with E-state index in [4.69, 9.17) is 4.74 Å². The second-order valence-electron chi connectivity index (χ2n) is 5.66. The van der Waals surface area contributed by atoms with E-state index in [0.29, 0.717) is 6.04 Å². The summed E-state index contributed by atoms with van der Waals surface area (Å²) >= 11 is 1.84. The Kier molecular flexibility index (Phi) is 4.91. The van der Waals surface area contributed by atoms with Gasteiger partial charge < -0.3 is 10.1 Å². The normalized spacial score (nSPS) is 21.7. The summed E-state index contributed by atoms with van der Waals surface area (Å²) in [6.07, 6.45) is 1.31. The SMILES string of the molecule is CCN1CCOC(C(Cc2csc3ccccc23)NC)C1. The number of nitrogens with one attached hydrogen (secondary N) is 1. The smallest absolute Gasteiger partial charge is 0.0858 e. The summed E-state index contributed by atoms with van der Waals surface area (Å²) in [5, 5.41) is 7.17. The molecule has 2 heterocycles. The van der Waals surface area contributed by atoms with Crippen LogP contribution in [0.15, 0.2) is 29.6 Å². The van der Waals surface area contributed by atoms with E-state index in [1.165, 1.54) is 15.6 Å². The Bertz CT molecular complexity index is 583. The van der Waals surface area contributed by atoms with E-state index in [0.717, 1.165) is 32.7 Å². The predicted molar refractivity (Wildman–Crippen MR) is 90.2 cm³/mol. The molecule has 1 saturated heterocycles. The Hall–Kier alpha value is -0.940.